The molecule has 0 bridgehead atoms. The third-order valence-corrected chi connectivity index (χ3v) is 7.76. The maximum atomic E-state index is 13.8. The van der Waals surface area contributed by atoms with E-state index in [1.807, 2.05) is 60.9 Å². The molecule has 1 aliphatic rings. The average Bonchev–Trinajstić information content (AvgIpc) is 3.24. The smallest absolute Gasteiger partial charge is 0.338 e. The van der Waals surface area contributed by atoms with Crippen LogP contribution in [0.15, 0.2) is 99.1 Å². The van der Waals surface area contributed by atoms with Gasteiger partial charge < -0.3 is 9.84 Å². The monoisotopic (exact) mass is 528 g/mol. The van der Waals surface area contributed by atoms with Crippen LogP contribution in [0, 0.1) is 0 Å². The molecule has 6 nitrogen and oxygen atoms in total. The fourth-order valence-corrected chi connectivity index (χ4v) is 5.69. The molecule has 1 atom stereocenters. The van der Waals surface area contributed by atoms with Crippen molar-refractivity contribution in [1.82, 2.24) is 4.57 Å². The summed E-state index contributed by atoms with van der Waals surface area (Å²) in [6.07, 6.45) is 3.65. The number of benzene rings is 3. The second kappa shape index (κ2) is 10.6. The molecule has 0 spiro atoms. The summed E-state index contributed by atoms with van der Waals surface area (Å²) >= 11 is 2.84. The van der Waals surface area contributed by atoms with Crippen molar-refractivity contribution in [2.24, 2.45) is 4.99 Å². The number of hydrogen-bond acceptors (Lipinski definition) is 7. The summed E-state index contributed by atoms with van der Waals surface area (Å²) in [6, 6.07) is 23.4. The Hall–Kier alpha value is -3.88. The van der Waals surface area contributed by atoms with E-state index in [0.717, 1.165) is 16.0 Å². The lowest BCUT2D eigenvalue weighted by Crippen LogP contribution is -2.40. The summed E-state index contributed by atoms with van der Waals surface area (Å²) < 4.78 is 7.45. The van der Waals surface area contributed by atoms with E-state index in [9.17, 15) is 14.7 Å². The number of nitrogens with zero attached hydrogens (tertiary/aromatic N) is 2. The van der Waals surface area contributed by atoms with Crippen LogP contribution in [0.1, 0.15) is 29.7 Å². The predicted molar refractivity (Wildman–Crippen MR) is 147 cm³/mol. The van der Waals surface area contributed by atoms with Gasteiger partial charge in [-0.15, -0.1) is 11.8 Å². The molecule has 0 unspecified atom stereocenters. The van der Waals surface area contributed by atoms with E-state index in [1.54, 1.807) is 53.6 Å². The number of thiazole rings is 1. The number of fused-ring (bicyclic) bond motifs is 1. The number of esters is 1. The fraction of sp³-hybridized carbons (Fsp3) is 0.138. The van der Waals surface area contributed by atoms with Gasteiger partial charge in [0.25, 0.3) is 5.56 Å². The van der Waals surface area contributed by atoms with Gasteiger partial charge in [0.15, 0.2) is 4.80 Å². The third-order valence-electron chi connectivity index (χ3n) is 6.03. The normalized spacial score (nSPS) is 15.3. The highest BCUT2D eigenvalue weighted by molar-refractivity contribution is 7.98. The van der Waals surface area contributed by atoms with Crippen molar-refractivity contribution in [2.45, 2.75) is 17.9 Å². The number of thioether (sulfide) groups is 1. The SMILES string of the molecule is CCOC(=O)C1=C(c2ccccc2)N=c2s/c(=C/c3ccccc3O)c(=O)n2[C@H]1c1ccc(SC)cc1. The molecule has 3 aromatic carbocycles. The van der Waals surface area contributed by atoms with Crippen molar-refractivity contribution in [2.75, 3.05) is 12.9 Å². The standard InChI is InChI=1S/C29H24N2O4S2/c1-3-35-28(34)24-25(18-9-5-4-6-10-18)30-29-31(26(24)19-13-15-21(36-2)16-14-19)27(33)23(37-29)17-20-11-7-8-12-22(20)32/h4-17,26,32H,3H2,1-2H3/b23-17+/t26-/m0/s1. The Labute approximate surface area is 221 Å². The number of ether oxygens (including phenoxy) is 1. The molecule has 0 aliphatic carbocycles. The zero-order valence-corrected chi connectivity index (χ0v) is 21.9. The second-order valence-electron chi connectivity index (χ2n) is 8.26. The van der Waals surface area contributed by atoms with Crippen LogP contribution in [-0.2, 0) is 9.53 Å². The minimum Gasteiger partial charge on any atom is -0.507 e. The molecular formula is C29H24N2O4S2. The molecule has 8 heteroatoms. The van der Waals surface area contributed by atoms with Crippen LogP contribution in [0.25, 0.3) is 11.8 Å². The first-order chi connectivity index (χ1) is 18.0. The lowest BCUT2D eigenvalue weighted by molar-refractivity contribution is -0.138. The van der Waals surface area contributed by atoms with Crippen LogP contribution < -0.4 is 14.9 Å². The lowest BCUT2D eigenvalue weighted by atomic mass is 9.93. The first-order valence-corrected chi connectivity index (χ1v) is 13.8. The highest BCUT2D eigenvalue weighted by atomic mass is 32.2. The fourth-order valence-electron chi connectivity index (χ4n) is 4.29. The van der Waals surface area contributed by atoms with Gasteiger partial charge in [-0.3, -0.25) is 9.36 Å². The van der Waals surface area contributed by atoms with Gasteiger partial charge in [-0.05, 0) is 43.0 Å². The summed E-state index contributed by atoms with van der Waals surface area (Å²) in [6.45, 7) is 1.95. The molecular weight excluding hydrogens is 504 g/mol. The quantitative estimate of drug-likeness (QED) is 0.297. The van der Waals surface area contributed by atoms with Gasteiger partial charge in [-0.2, -0.15) is 0 Å². The van der Waals surface area contributed by atoms with Crippen molar-refractivity contribution in [1.29, 1.82) is 0 Å². The Morgan fingerprint density at radius 1 is 1.08 bits per heavy atom. The van der Waals surface area contributed by atoms with Gasteiger partial charge in [0, 0.05) is 16.0 Å². The molecule has 4 aromatic rings. The first kappa shape index (κ1) is 24.8. The summed E-state index contributed by atoms with van der Waals surface area (Å²) in [5.41, 5.74) is 2.57. The van der Waals surface area contributed by atoms with Gasteiger partial charge >= 0.3 is 5.97 Å². The minimum absolute atomic E-state index is 0.0785. The van der Waals surface area contributed by atoms with Gasteiger partial charge in [-0.25, -0.2) is 9.79 Å². The van der Waals surface area contributed by atoms with E-state index >= 15 is 0 Å². The van der Waals surface area contributed by atoms with Crippen LogP contribution in [-0.4, -0.2) is 28.5 Å². The third kappa shape index (κ3) is 4.77. The molecule has 1 aromatic heterocycles. The van der Waals surface area contributed by atoms with Gasteiger partial charge in [-0.1, -0.05) is 72.0 Å². The van der Waals surface area contributed by atoms with E-state index in [2.05, 4.69) is 0 Å². The van der Waals surface area contributed by atoms with Crippen LogP contribution >= 0.6 is 23.1 Å². The van der Waals surface area contributed by atoms with E-state index in [4.69, 9.17) is 9.73 Å². The van der Waals surface area contributed by atoms with E-state index in [-0.39, 0.29) is 17.9 Å². The Balaban J connectivity index is 1.83. The Bertz CT molecular complexity index is 1670. The molecule has 0 saturated carbocycles. The Morgan fingerprint density at radius 3 is 2.46 bits per heavy atom. The molecule has 0 fully saturated rings. The number of hydrogen-bond donors (Lipinski definition) is 1. The van der Waals surface area contributed by atoms with Gasteiger partial charge in [0.1, 0.15) is 5.75 Å². The Morgan fingerprint density at radius 2 is 1.78 bits per heavy atom. The van der Waals surface area contributed by atoms with Crippen LogP contribution in [0.2, 0.25) is 0 Å². The number of para-hydroxylation sites is 1. The molecule has 0 radical (unpaired) electrons. The van der Waals surface area contributed by atoms with Crippen LogP contribution in [0.5, 0.6) is 5.75 Å². The number of carbonyl (C=O) groups excluding carboxylic acids is 1. The first-order valence-electron chi connectivity index (χ1n) is 11.7. The number of phenolic OH excluding ortho intramolecular Hbond substituents is 1. The molecule has 2 heterocycles. The molecule has 1 N–H and O–H groups in total. The van der Waals surface area contributed by atoms with Crippen LogP contribution in [0.4, 0.5) is 0 Å². The molecule has 37 heavy (non-hydrogen) atoms. The van der Waals surface area contributed by atoms with Crippen molar-refractivity contribution >= 4 is 40.8 Å². The average molecular weight is 529 g/mol. The zero-order valence-electron chi connectivity index (χ0n) is 20.3. The van der Waals surface area contributed by atoms with E-state index in [1.165, 1.54) is 11.3 Å². The number of aromatic nitrogens is 1. The molecule has 1 aliphatic heterocycles. The van der Waals surface area contributed by atoms with Gasteiger partial charge in [0.2, 0.25) is 0 Å². The van der Waals surface area contributed by atoms with Crippen molar-refractivity contribution in [3.05, 3.63) is 121 Å². The van der Waals surface area contributed by atoms with Crippen molar-refractivity contribution in [3.63, 3.8) is 0 Å². The van der Waals surface area contributed by atoms with E-state index in [0.29, 0.717) is 26.2 Å². The number of aromatic hydroxyl groups is 1. The van der Waals surface area contributed by atoms with E-state index < -0.39 is 12.0 Å². The molecule has 5 rings (SSSR count). The maximum Gasteiger partial charge on any atom is 0.338 e. The molecule has 0 amide bonds. The van der Waals surface area contributed by atoms with Crippen molar-refractivity contribution < 1.29 is 14.6 Å². The van der Waals surface area contributed by atoms with Crippen LogP contribution in [0.3, 0.4) is 0 Å². The number of carbonyl (C=O) groups is 1. The lowest BCUT2D eigenvalue weighted by Gasteiger charge is -2.26. The zero-order chi connectivity index (χ0) is 25.9. The topological polar surface area (TPSA) is 80.9 Å². The minimum atomic E-state index is -0.729. The number of phenols is 1. The summed E-state index contributed by atoms with van der Waals surface area (Å²) in [5, 5.41) is 10.3. The van der Waals surface area contributed by atoms with Gasteiger partial charge in [0.05, 0.1) is 28.5 Å². The molecule has 0 saturated heterocycles. The largest absolute Gasteiger partial charge is 0.507 e. The summed E-state index contributed by atoms with van der Waals surface area (Å²) in [5.74, 6) is -0.436. The van der Waals surface area contributed by atoms with Crippen molar-refractivity contribution in [3.8, 4) is 5.75 Å². The Kier molecular flexibility index (Phi) is 7.12. The predicted octanol–water partition coefficient (Wildman–Crippen LogP) is 4.36. The highest BCUT2D eigenvalue weighted by Crippen LogP contribution is 2.35. The second-order valence-corrected chi connectivity index (χ2v) is 10.2. The maximum absolute atomic E-state index is 13.8. The number of rotatable bonds is 6. The summed E-state index contributed by atoms with van der Waals surface area (Å²) in [4.78, 5) is 33.7. The summed E-state index contributed by atoms with van der Waals surface area (Å²) in [7, 11) is 0. The highest BCUT2D eigenvalue weighted by Gasteiger charge is 2.35. The molecule has 186 valence electrons.